The van der Waals surface area contributed by atoms with Gasteiger partial charge in [-0.3, -0.25) is 4.98 Å². The highest BCUT2D eigenvalue weighted by atomic mass is 19.1. The Morgan fingerprint density at radius 1 is 1.41 bits per heavy atom. The summed E-state index contributed by atoms with van der Waals surface area (Å²) in [6.45, 7) is 4.08. The van der Waals surface area contributed by atoms with E-state index in [0.29, 0.717) is 0 Å². The second-order valence-electron chi connectivity index (χ2n) is 4.50. The van der Waals surface area contributed by atoms with Gasteiger partial charge in [0.1, 0.15) is 5.82 Å². The molecule has 96 valence electrons. The molecule has 0 saturated carbocycles. The quantitative estimate of drug-likeness (QED) is 0.790. The SMILES string of the molecule is CCCNC(CCN(C)C)c1ccc(F)cn1. The van der Waals surface area contributed by atoms with E-state index in [4.69, 9.17) is 0 Å². The van der Waals surface area contributed by atoms with Gasteiger partial charge in [-0.1, -0.05) is 6.92 Å². The Kier molecular flexibility index (Phi) is 6.08. The lowest BCUT2D eigenvalue weighted by Crippen LogP contribution is -2.27. The predicted molar refractivity (Wildman–Crippen MR) is 68.4 cm³/mol. The third-order valence-electron chi connectivity index (χ3n) is 2.61. The third-order valence-corrected chi connectivity index (χ3v) is 2.61. The van der Waals surface area contributed by atoms with Gasteiger partial charge >= 0.3 is 0 Å². The van der Waals surface area contributed by atoms with E-state index in [1.807, 2.05) is 0 Å². The first-order chi connectivity index (χ1) is 8.13. The van der Waals surface area contributed by atoms with Crippen LogP contribution in [0.1, 0.15) is 31.5 Å². The van der Waals surface area contributed by atoms with Gasteiger partial charge in [0.15, 0.2) is 0 Å². The van der Waals surface area contributed by atoms with Crippen molar-refractivity contribution in [2.45, 2.75) is 25.8 Å². The molecule has 0 aliphatic heterocycles. The normalized spacial score (nSPS) is 13.0. The second kappa shape index (κ2) is 7.35. The van der Waals surface area contributed by atoms with Crippen LogP contribution < -0.4 is 5.32 Å². The summed E-state index contributed by atoms with van der Waals surface area (Å²) in [7, 11) is 4.10. The maximum atomic E-state index is 12.8. The van der Waals surface area contributed by atoms with Crippen LogP contribution in [0.5, 0.6) is 0 Å². The van der Waals surface area contributed by atoms with Gasteiger partial charge in [-0.25, -0.2) is 4.39 Å². The Morgan fingerprint density at radius 3 is 2.71 bits per heavy atom. The summed E-state index contributed by atoms with van der Waals surface area (Å²) in [6.07, 6.45) is 3.34. The fraction of sp³-hybridized carbons (Fsp3) is 0.615. The molecule has 0 bridgehead atoms. The molecule has 1 aromatic rings. The predicted octanol–water partition coefficient (Wildman–Crippen LogP) is 2.21. The summed E-state index contributed by atoms with van der Waals surface area (Å²) in [5.41, 5.74) is 0.918. The van der Waals surface area contributed by atoms with Crippen LogP contribution in [0.3, 0.4) is 0 Å². The van der Waals surface area contributed by atoms with Crippen LogP contribution in [0.2, 0.25) is 0 Å². The largest absolute Gasteiger partial charge is 0.309 e. The molecule has 0 spiro atoms. The topological polar surface area (TPSA) is 28.2 Å². The van der Waals surface area contributed by atoms with Gasteiger partial charge in [-0.15, -0.1) is 0 Å². The Labute approximate surface area is 103 Å². The first kappa shape index (κ1) is 14.1. The highest BCUT2D eigenvalue weighted by Crippen LogP contribution is 2.14. The maximum absolute atomic E-state index is 12.8. The van der Waals surface area contributed by atoms with E-state index >= 15 is 0 Å². The van der Waals surface area contributed by atoms with Crippen molar-refractivity contribution in [1.82, 2.24) is 15.2 Å². The van der Waals surface area contributed by atoms with E-state index in [0.717, 1.165) is 31.6 Å². The Balaban J connectivity index is 2.63. The van der Waals surface area contributed by atoms with Crippen LogP contribution >= 0.6 is 0 Å². The third kappa shape index (κ3) is 5.24. The molecule has 1 aromatic heterocycles. The lowest BCUT2D eigenvalue weighted by atomic mass is 10.1. The minimum Gasteiger partial charge on any atom is -0.309 e. The average molecular weight is 239 g/mol. The molecule has 0 radical (unpaired) electrons. The lowest BCUT2D eigenvalue weighted by Gasteiger charge is -2.20. The number of pyridine rings is 1. The monoisotopic (exact) mass is 239 g/mol. The van der Waals surface area contributed by atoms with Gasteiger partial charge in [0, 0.05) is 0 Å². The molecule has 0 amide bonds. The molecule has 0 aliphatic rings. The molecule has 1 unspecified atom stereocenters. The van der Waals surface area contributed by atoms with Crippen LogP contribution in [0.4, 0.5) is 4.39 Å². The Bertz CT molecular complexity index is 311. The van der Waals surface area contributed by atoms with Crippen LogP contribution in [0.25, 0.3) is 0 Å². The number of rotatable bonds is 7. The molecule has 0 fully saturated rings. The van der Waals surface area contributed by atoms with Crippen molar-refractivity contribution in [3.63, 3.8) is 0 Å². The van der Waals surface area contributed by atoms with Crippen LogP contribution in [-0.4, -0.2) is 37.1 Å². The van der Waals surface area contributed by atoms with E-state index in [1.54, 1.807) is 6.07 Å². The second-order valence-corrected chi connectivity index (χ2v) is 4.50. The number of halogens is 1. The van der Waals surface area contributed by atoms with Gasteiger partial charge in [-0.2, -0.15) is 0 Å². The summed E-state index contributed by atoms with van der Waals surface area (Å²) < 4.78 is 12.8. The minimum atomic E-state index is -0.282. The number of aromatic nitrogens is 1. The maximum Gasteiger partial charge on any atom is 0.141 e. The van der Waals surface area contributed by atoms with Gasteiger partial charge in [0.2, 0.25) is 0 Å². The number of hydrogen-bond donors (Lipinski definition) is 1. The number of nitrogens with one attached hydrogen (secondary N) is 1. The average Bonchev–Trinajstić information content (AvgIpc) is 2.30. The molecule has 1 heterocycles. The standard InChI is InChI=1S/C13H22FN3/c1-4-8-15-13(7-9-17(2)3)12-6-5-11(14)10-16-12/h5-6,10,13,15H,4,7-9H2,1-3H3. The van der Waals surface area contributed by atoms with Crippen molar-refractivity contribution in [3.8, 4) is 0 Å². The molecular formula is C13H22FN3. The summed E-state index contributed by atoms with van der Waals surface area (Å²) in [6, 6.07) is 3.44. The van der Waals surface area contributed by atoms with Gasteiger partial charge in [-0.05, 0) is 52.2 Å². The minimum absolute atomic E-state index is 0.206. The zero-order valence-corrected chi connectivity index (χ0v) is 10.9. The molecule has 17 heavy (non-hydrogen) atoms. The molecule has 1 atom stereocenters. The Hall–Kier alpha value is -1.00. The summed E-state index contributed by atoms with van der Waals surface area (Å²) in [5.74, 6) is -0.282. The van der Waals surface area contributed by atoms with Crippen LogP contribution in [-0.2, 0) is 0 Å². The molecule has 0 aliphatic carbocycles. The molecule has 1 N–H and O–H groups in total. The molecule has 1 rings (SSSR count). The fourth-order valence-electron chi connectivity index (χ4n) is 1.65. The summed E-state index contributed by atoms with van der Waals surface area (Å²) in [4.78, 5) is 6.30. The highest BCUT2D eigenvalue weighted by Gasteiger charge is 2.12. The molecule has 4 heteroatoms. The van der Waals surface area contributed by atoms with Crippen LogP contribution in [0.15, 0.2) is 18.3 Å². The van der Waals surface area contributed by atoms with Gasteiger partial charge < -0.3 is 10.2 Å². The van der Waals surface area contributed by atoms with Crippen molar-refractivity contribution in [3.05, 3.63) is 29.8 Å². The number of hydrogen-bond acceptors (Lipinski definition) is 3. The first-order valence-corrected chi connectivity index (χ1v) is 6.13. The molecule has 3 nitrogen and oxygen atoms in total. The highest BCUT2D eigenvalue weighted by molar-refractivity contribution is 5.09. The van der Waals surface area contributed by atoms with Crippen molar-refractivity contribution in [2.24, 2.45) is 0 Å². The van der Waals surface area contributed by atoms with Gasteiger partial charge in [0.05, 0.1) is 17.9 Å². The van der Waals surface area contributed by atoms with E-state index in [9.17, 15) is 4.39 Å². The van der Waals surface area contributed by atoms with E-state index in [1.165, 1.54) is 12.3 Å². The van der Waals surface area contributed by atoms with Crippen molar-refractivity contribution in [1.29, 1.82) is 0 Å². The fourth-order valence-corrected chi connectivity index (χ4v) is 1.65. The molecular weight excluding hydrogens is 217 g/mol. The summed E-state index contributed by atoms with van der Waals surface area (Å²) >= 11 is 0. The number of nitrogens with zero attached hydrogens (tertiary/aromatic N) is 2. The van der Waals surface area contributed by atoms with Crippen molar-refractivity contribution >= 4 is 0 Å². The zero-order chi connectivity index (χ0) is 12.7. The smallest absolute Gasteiger partial charge is 0.141 e. The molecule has 0 aromatic carbocycles. The molecule has 0 saturated heterocycles. The van der Waals surface area contributed by atoms with E-state index in [2.05, 4.69) is 36.2 Å². The lowest BCUT2D eigenvalue weighted by molar-refractivity contribution is 0.358. The summed E-state index contributed by atoms with van der Waals surface area (Å²) in [5, 5.41) is 3.45. The van der Waals surface area contributed by atoms with Crippen LogP contribution in [0, 0.1) is 5.82 Å². The Morgan fingerprint density at radius 2 is 2.18 bits per heavy atom. The van der Waals surface area contributed by atoms with Gasteiger partial charge in [0.25, 0.3) is 0 Å². The van der Waals surface area contributed by atoms with Crippen molar-refractivity contribution < 1.29 is 4.39 Å². The van der Waals surface area contributed by atoms with E-state index < -0.39 is 0 Å². The van der Waals surface area contributed by atoms with E-state index in [-0.39, 0.29) is 11.9 Å². The van der Waals surface area contributed by atoms with Crippen molar-refractivity contribution in [2.75, 3.05) is 27.2 Å². The zero-order valence-electron chi connectivity index (χ0n) is 10.9. The first-order valence-electron chi connectivity index (χ1n) is 6.13.